The second kappa shape index (κ2) is 9.71. The number of nitrogens with two attached hydrogens (primary N) is 1. The minimum Gasteiger partial charge on any atom is -0.494 e. The average molecular weight is 433 g/mol. The number of hydrogen-bond donors (Lipinski definition) is 1. The van der Waals surface area contributed by atoms with Gasteiger partial charge < -0.3 is 19.9 Å². The second-order valence-corrected chi connectivity index (χ2v) is 6.76. The molecule has 0 saturated carbocycles. The maximum atomic E-state index is 13.0. The number of ether oxygens (including phenoxy) is 3. The molecule has 1 atom stereocenters. The van der Waals surface area contributed by atoms with Gasteiger partial charge in [-0.05, 0) is 36.8 Å². The number of anilines is 1. The highest BCUT2D eigenvalue weighted by molar-refractivity contribution is 6.06. The number of carbonyl (C=O) groups excluding carboxylic acids is 2. The van der Waals surface area contributed by atoms with Crippen molar-refractivity contribution in [3.05, 3.63) is 82.8 Å². The van der Waals surface area contributed by atoms with Crippen LogP contribution in [0, 0.1) is 11.3 Å². The zero-order valence-electron chi connectivity index (χ0n) is 18.0. The van der Waals surface area contributed by atoms with Crippen LogP contribution in [0.4, 0.5) is 5.69 Å². The maximum absolute atomic E-state index is 13.0. The molecule has 0 bridgehead atoms. The fourth-order valence-corrected chi connectivity index (χ4v) is 3.64. The third kappa shape index (κ3) is 4.01. The Kier molecular flexibility index (Phi) is 6.80. The van der Waals surface area contributed by atoms with Crippen LogP contribution < -0.4 is 15.4 Å². The maximum Gasteiger partial charge on any atom is 0.355 e. The van der Waals surface area contributed by atoms with Gasteiger partial charge in [0, 0.05) is 5.69 Å². The number of nitriles is 1. The number of hydrogen-bond acceptors (Lipinski definition) is 8. The summed E-state index contributed by atoms with van der Waals surface area (Å²) >= 11 is 0. The molecule has 32 heavy (non-hydrogen) atoms. The number of allylic oxidation sites excluding steroid dienone is 1. The van der Waals surface area contributed by atoms with Crippen molar-refractivity contribution >= 4 is 17.6 Å². The predicted octanol–water partition coefficient (Wildman–Crippen LogP) is 2.98. The first-order valence-electron chi connectivity index (χ1n) is 9.86. The molecule has 2 N–H and O–H groups in total. The number of nitrogens with zero attached hydrogens (tertiary/aromatic N) is 2. The Labute approximate surface area is 186 Å². The van der Waals surface area contributed by atoms with Crippen LogP contribution in [0.3, 0.4) is 0 Å². The Balaban J connectivity index is 2.33. The highest BCUT2D eigenvalue weighted by atomic mass is 16.5. The zero-order chi connectivity index (χ0) is 23.3. The molecule has 1 heterocycles. The van der Waals surface area contributed by atoms with Gasteiger partial charge in [-0.15, -0.1) is 0 Å². The molecule has 0 amide bonds. The fraction of sp³-hybridized carbons (Fsp3) is 0.208. The van der Waals surface area contributed by atoms with Crippen LogP contribution in [0.15, 0.2) is 77.3 Å². The van der Waals surface area contributed by atoms with Gasteiger partial charge >= 0.3 is 11.9 Å². The summed E-state index contributed by atoms with van der Waals surface area (Å²) in [6.45, 7) is 2.35. The number of benzene rings is 2. The van der Waals surface area contributed by atoms with Gasteiger partial charge in [-0.2, -0.15) is 5.26 Å². The molecule has 164 valence electrons. The molecular weight excluding hydrogens is 410 g/mol. The number of carbonyl (C=O) groups is 2. The summed E-state index contributed by atoms with van der Waals surface area (Å²) in [4.78, 5) is 27.3. The number of esters is 2. The number of methoxy groups -OCH3 is 2. The predicted molar refractivity (Wildman–Crippen MR) is 117 cm³/mol. The molecule has 0 aromatic heterocycles. The Morgan fingerprint density at radius 3 is 2.19 bits per heavy atom. The molecule has 0 saturated heterocycles. The standard InChI is InChI=1S/C24H23N3O5/c1-4-32-17-12-10-16(11-13-17)27-21(24(29)31-3)20(23(28)30-2)19(18(14-25)22(27)26)15-8-6-5-7-9-15/h5-13,19H,4,26H2,1-3H3. The summed E-state index contributed by atoms with van der Waals surface area (Å²) in [5, 5.41) is 10.0. The first-order chi connectivity index (χ1) is 15.5. The van der Waals surface area contributed by atoms with Crippen LogP contribution in [0.25, 0.3) is 0 Å². The fourth-order valence-electron chi connectivity index (χ4n) is 3.64. The molecule has 0 fully saturated rings. The lowest BCUT2D eigenvalue weighted by atomic mass is 9.81. The molecule has 3 rings (SSSR count). The van der Waals surface area contributed by atoms with Crippen LogP contribution in [-0.2, 0) is 19.1 Å². The topological polar surface area (TPSA) is 115 Å². The monoisotopic (exact) mass is 433 g/mol. The van der Waals surface area contributed by atoms with Gasteiger partial charge in [0.2, 0.25) is 0 Å². The molecule has 2 aromatic rings. The first kappa shape index (κ1) is 22.4. The van der Waals surface area contributed by atoms with E-state index in [9.17, 15) is 14.9 Å². The van der Waals surface area contributed by atoms with Gasteiger partial charge in [-0.1, -0.05) is 30.3 Å². The molecule has 1 unspecified atom stereocenters. The van der Waals surface area contributed by atoms with Gasteiger partial charge in [-0.3, -0.25) is 4.90 Å². The molecule has 0 radical (unpaired) electrons. The molecule has 8 heteroatoms. The van der Waals surface area contributed by atoms with Crippen molar-refractivity contribution in [2.45, 2.75) is 12.8 Å². The van der Waals surface area contributed by atoms with Gasteiger partial charge in [0.05, 0.1) is 44.0 Å². The molecule has 1 aliphatic heterocycles. The van der Waals surface area contributed by atoms with E-state index in [0.717, 1.165) is 0 Å². The van der Waals surface area contributed by atoms with Gasteiger partial charge in [0.25, 0.3) is 0 Å². The Hall–Kier alpha value is -4.25. The van der Waals surface area contributed by atoms with Crippen molar-refractivity contribution in [1.82, 2.24) is 0 Å². The van der Waals surface area contributed by atoms with Crippen molar-refractivity contribution in [1.29, 1.82) is 5.26 Å². The highest BCUT2D eigenvalue weighted by Crippen LogP contribution is 2.43. The molecule has 8 nitrogen and oxygen atoms in total. The van der Waals surface area contributed by atoms with E-state index >= 15 is 0 Å². The number of rotatable bonds is 6. The third-order valence-corrected chi connectivity index (χ3v) is 5.02. The smallest absolute Gasteiger partial charge is 0.355 e. The Morgan fingerprint density at radius 2 is 1.66 bits per heavy atom. The van der Waals surface area contributed by atoms with Crippen molar-refractivity contribution < 1.29 is 23.8 Å². The van der Waals surface area contributed by atoms with Crippen molar-refractivity contribution in [3.63, 3.8) is 0 Å². The Morgan fingerprint density at radius 1 is 1.03 bits per heavy atom. The first-order valence-corrected chi connectivity index (χ1v) is 9.86. The lowest BCUT2D eigenvalue weighted by Crippen LogP contribution is -2.40. The van der Waals surface area contributed by atoms with E-state index in [1.165, 1.54) is 19.1 Å². The molecule has 2 aromatic carbocycles. The summed E-state index contributed by atoms with van der Waals surface area (Å²) < 4.78 is 15.5. The van der Waals surface area contributed by atoms with E-state index in [4.69, 9.17) is 19.9 Å². The van der Waals surface area contributed by atoms with E-state index in [1.807, 2.05) is 6.92 Å². The molecule has 1 aliphatic rings. The SMILES string of the molecule is CCOc1ccc(N2C(N)=C(C#N)C(c3ccccc3)C(C(=O)OC)=C2C(=O)OC)cc1. The van der Waals surface area contributed by atoms with Crippen molar-refractivity contribution in [2.24, 2.45) is 5.73 Å². The van der Waals surface area contributed by atoms with Crippen LogP contribution in [0.5, 0.6) is 5.75 Å². The summed E-state index contributed by atoms with van der Waals surface area (Å²) in [5.41, 5.74) is 7.45. The highest BCUT2D eigenvalue weighted by Gasteiger charge is 2.42. The zero-order valence-corrected chi connectivity index (χ0v) is 18.0. The van der Waals surface area contributed by atoms with E-state index in [1.54, 1.807) is 54.6 Å². The van der Waals surface area contributed by atoms with E-state index in [-0.39, 0.29) is 22.7 Å². The van der Waals surface area contributed by atoms with E-state index in [2.05, 4.69) is 6.07 Å². The van der Waals surface area contributed by atoms with Gasteiger partial charge in [-0.25, -0.2) is 9.59 Å². The van der Waals surface area contributed by atoms with Gasteiger partial charge in [0.1, 0.15) is 17.3 Å². The lowest BCUT2D eigenvalue weighted by Gasteiger charge is -2.35. The van der Waals surface area contributed by atoms with Crippen molar-refractivity contribution in [2.75, 3.05) is 25.7 Å². The van der Waals surface area contributed by atoms with E-state index < -0.39 is 17.9 Å². The van der Waals surface area contributed by atoms with Crippen LogP contribution in [-0.4, -0.2) is 32.8 Å². The minimum absolute atomic E-state index is 0.0126. The van der Waals surface area contributed by atoms with Crippen LogP contribution in [0.2, 0.25) is 0 Å². The molecule has 0 aliphatic carbocycles. The summed E-state index contributed by atoms with van der Waals surface area (Å²) in [5.74, 6) is -1.83. The van der Waals surface area contributed by atoms with Gasteiger partial charge in [0.15, 0.2) is 0 Å². The van der Waals surface area contributed by atoms with Crippen LogP contribution >= 0.6 is 0 Å². The quantitative estimate of drug-likeness (QED) is 0.692. The van der Waals surface area contributed by atoms with E-state index in [0.29, 0.717) is 23.6 Å². The molecular formula is C24H23N3O5. The summed E-state index contributed by atoms with van der Waals surface area (Å²) in [6.07, 6.45) is 0. The normalized spacial score (nSPS) is 15.8. The molecule has 0 spiro atoms. The summed E-state index contributed by atoms with van der Waals surface area (Å²) in [7, 11) is 2.42. The van der Waals surface area contributed by atoms with Crippen LogP contribution in [0.1, 0.15) is 18.4 Å². The lowest BCUT2D eigenvalue weighted by molar-refractivity contribution is -0.139. The minimum atomic E-state index is -0.901. The Bertz CT molecular complexity index is 1110. The van der Waals surface area contributed by atoms with Crippen molar-refractivity contribution in [3.8, 4) is 11.8 Å². The average Bonchev–Trinajstić information content (AvgIpc) is 2.83. The summed E-state index contributed by atoms with van der Waals surface area (Å²) in [6, 6.07) is 17.7. The third-order valence-electron chi connectivity index (χ3n) is 5.02. The second-order valence-electron chi connectivity index (χ2n) is 6.76. The largest absolute Gasteiger partial charge is 0.494 e.